The van der Waals surface area contributed by atoms with Gasteiger partial charge in [0, 0.05) is 34.1 Å². The van der Waals surface area contributed by atoms with Gasteiger partial charge in [-0.2, -0.15) is 0 Å². The third-order valence-electron chi connectivity index (χ3n) is 10.9. The zero-order valence-corrected chi connectivity index (χ0v) is 30.6. The van der Waals surface area contributed by atoms with E-state index in [4.69, 9.17) is 0 Å². The Kier molecular flexibility index (Phi) is 8.77. The van der Waals surface area contributed by atoms with Crippen molar-refractivity contribution < 1.29 is 0 Å². The van der Waals surface area contributed by atoms with Gasteiger partial charge in [-0.25, -0.2) is 0 Å². The summed E-state index contributed by atoms with van der Waals surface area (Å²) < 4.78 is 0. The van der Waals surface area contributed by atoms with Crippen molar-refractivity contribution in [1.29, 1.82) is 0 Å². The van der Waals surface area contributed by atoms with E-state index >= 15 is 0 Å². The fourth-order valence-corrected chi connectivity index (χ4v) is 7.85. The highest BCUT2D eigenvalue weighted by Crippen LogP contribution is 2.48. The van der Waals surface area contributed by atoms with Crippen LogP contribution in [0.3, 0.4) is 0 Å². The third-order valence-corrected chi connectivity index (χ3v) is 10.9. The molecule has 0 aromatic heterocycles. The molecule has 0 atom stereocenters. The van der Waals surface area contributed by atoms with E-state index < -0.39 is 0 Å². The predicted octanol–water partition coefficient (Wildman–Crippen LogP) is 14.3. The van der Waals surface area contributed by atoms with Crippen molar-refractivity contribution in [2.75, 3.05) is 9.80 Å². The number of hydrogen-bond donors (Lipinski definition) is 0. The standard InChI is InChI=1S/C50H46N2/c1-49(2)32-33-50(3,4)48-36-46(30-31-47(48)49)52(42-22-12-7-13-23-42)45-25-15-19-40(35-45)38-26-28-43(29-27-38)51(41-20-10-6-11-21-41)44-24-14-18-39(34-44)37-16-8-5-9-17-37/h5-31,34-36H,32-33H2,1-4H3. The van der Waals surface area contributed by atoms with Crippen molar-refractivity contribution in [3.8, 4) is 22.3 Å². The van der Waals surface area contributed by atoms with Crippen molar-refractivity contribution in [1.82, 2.24) is 0 Å². The zero-order valence-electron chi connectivity index (χ0n) is 30.6. The lowest BCUT2D eigenvalue weighted by molar-refractivity contribution is 0.332. The summed E-state index contributed by atoms with van der Waals surface area (Å²) in [6, 6.07) is 65.9. The van der Waals surface area contributed by atoms with Gasteiger partial charge in [-0.15, -0.1) is 0 Å². The third kappa shape index (κ3) is 6.53. The molecule has 0 saturated carbocycles. The van der Waals surface area contributed by atoms with Crippen LogP contribution in [-0.2, 0) is 10.8 Å². The minimum Gasteiger partial charge on any atom is -0.310 e. The zero-order chi connectivity index (χ0) is 35.7. The van der Waals surface area contributed by atoms with Gasteiger partial charge in [0.25, 0.3) is 0 Å². The molecule has 2 nitrogen and oxygen atoms in total. The molecule has 0 saturated heterocycles. The van der Waals surface area contributed by atoms with Crippen LogP contribution in [0.25, 0.3) is 22.3 Å². The Hall–Kier alpha value is -5.86. The molecular formula is C50H46N2. The molecule has 256 valence electrons. The maximum absolute atomic E-state index is 2.45. The number of anilines is 6. The summed E-state index contributed by atoms with van der Waals surface area (Å²) in [6.07, 6.45) is 2.40. The second-order valence-electron chi connectivity index (χ2n) is 15.4. The van der Waals surface area contributed by atoms with Gasteiger partial charge in [-0.05, 0) is 130 Å². The lowest BCUT2D eigenvalue weighted by atomic mass is 9.63. The van der Waals surface area contributed by atoms with Crippen molar-refractivity contribution in [2.45, 2.75) is 51.4 Å². The summed E-state index contributed by atoms with van der Waals surface area (Å²) in [6.45, 7) is 9.60. The Morgan fingerprint density at radius 3 is 1.21 bits per heavy atom. The molecule has 0 bridgehead atoms. The lowest BCUT2D eigenvalue weighted by Gasteiger charge is -2.42. The summed E-state index contributed by atoms with van der Waals surface area (Å²) in [5, 5.41) is 0. The smallest absolute Gasteiger partial charge is 0.0467 e. The average molecular weight is 675 g/mol. The summed E-state index contributed by atoms with van der Waals surface area (Å²) in [4.78, 5) is 4.75. The topological polar surface area (TPSA) is 6.48 Å². The maximum Gasteiger partial charge on any atom is 0.0467 e. The number of benzene rings is 7. The molecule has 0 fully saturated rings. The van der Waals surface area contributed by atoms with E-state index in [0.29, 0.717) is 0 Å². The molecule has 1 aliphatic carbocycles. The molecule has 2 heteroatoms. The highest BCUT2D eigenvalue weighted by Gasteiger charge is 2.37. The number of nitrogens with zero attached hydrogens (tertiary/aromatic N) is 2. The highest BCUT2D eigenvalue weighted by atomic mass is 15.1. The first-order chi connectivity index (χ1) is 25.3. The van der Waals surface area contributed by atoms with E-state index in [0.717, 1.165) is 28.4 Å². The second-order valence-corrected chi connectivity index (χ2v) is 15.4. The summed E-state index contributed by atoms with van der Waals surface area (Å²) in [5.41, 5.74) is 14.9. The molecule has 0 N–H and O–H groups in total. The van der Waals surface area contributed by atoms with Gasteiger partial charge >= 0.3 is 0 Å². The van der Waals surface area contributed by atoms with Crippen LogP contribution >= 0.6 is 0 Å². The normalized spacial score (nSPS) is 14.3. The van der Waals surface area contributed by atoms with Crippen LogP contribution in [0, 0.1) is 0 Å². The average Bonchev–Trinajstić information content (AvgIpc) is 3.19. The minimum absolute atomic E-state index is 0.128. The number of hydrogen-bond acceptors (Lipinski definition) is 2. The maximum atomic E-state index is 2.45. The van der Waals surface area contributed by atoms with Gasteiger partial charge < -0.3 is 9.80 Å². The van der Waals surface area contributed by atoms with Crippen LogP contribution in [0.2, 0.25) is 0 Å². The van der Waals surface area contributed by atoms with Gasteiger partial charge in [-0.1, -0.05) is 137 Å². The Labute approximate surface area is 309 Å². The lowest BCUT2D eigenvalue weighted by Crippen LogP contribution is -2.34. The van der Waals surface area contributed by atoms with E-state index in [1.165, 1.54) is 51.9 Å². The van der Waals surface area contributed by atoms with Gasteiger partial charge in [0.2, 0.25) is 0 Å². The van der Waals surface area contributed by atoms with Crippen molar-refractivity contribution in [2.24, 2.45) is 0 Å². The SMILES string of the molecule is CC1(C)CCC(C)(C)c2cc(N(c3ccccc3)c3cccc(-c4ccc(N(c5ccccc5)c5cccc(-c6ccccc6)c5)cc4)c3)ccc21. The Bertz CT molecular complexity index is 2290. The molecule has 8 rings (SSSR count). The quantitative estimate of drug-likeness (QED) is 0.158. The number of rotatable bonds is 8. The monoisotopic (exact) mass is 674 g/mol. The van der Waals surface area contributed by atoms with E-state index in [1.54, 1.807) is 0 Å². The van der Waals surface area contributed by atoms with Gasteiger partial charge in [0.15, 0.2) is 0 Å². The molecule has 52 heavy (non-hydrogen) atoms. The second kappa shape index (κ2) is 13.7. The number of para-hydroxylation sites is 2. The Morgan fingerprint density at radius 1 is 0.308 bits per heavy atom. The minimum atomic E-state index is 0.128. The van der Waals surface area contributed by atoms with Crippen LogP contribution in [0.5, 0.6) is 0 Å². The van der Waals surface area contributed by atoms with Crippen molar-refractivity contribution in [3.05, 3.63) is 193 Å². The molecule has 7 aromatic rings. The Morgan fingerprint density at radius 2 is 0.673 bits per heavy atom. The summed E-state index contributed by atoms with van der Waals surface area (Å²) >= 11 is 0. The van der Waals surface area contributed by atoms with Crippen molar-refractivity contribution in [3.63, 3.8) is 0 Å². The van der Waals surface area contributed by atoms with Crippen LogP contribution in [0.15, 0.2) is 182 Å². The van der Waals surface area contributed by atoms with E-state index in [-0.39, 0.29) is 10.8 Å². The first kappa shape index (κ1) is 33.3. The first-order valence-electron chi connectivity index (χ1n) is 18.5. The first-order valence-corrected chi connectivity index (χ1v) is 18.5. The van der Waals surface area contributed by atoms with Crippen LogP contribution in [0.1, 0.15) is 51.7 Å². The van der Waals surface area contributed by atoms with E-state index in [1.807, 2.05) is 0 Å². The van der Waals surface area contributed by atoms with Crippen LogP contribution < -0.4 is 9.80 Å². The molecule has 0 radical (unpaired) electrons. The molecule has 0 unspecified atom stereocenters. The summed E-state index contributed by atoms with van der Waals surface area (Å²) in [7, 11) is 0. The van der Waals surface area contributed by atoms with Crippen LogP contribution in [-0.4, -0.2) is 0 Å². The van der Waals surface area contributed by atoms with Gasteiger partial charge in [0.1, 0.15) is 0 Å². The fraction of sp³-hybridized carbons (Fsp3) is 0.160. The molecule has 7 aromatic carbocycles. The van der Waals surface area contributed by atoms with Gasteiger partial charge in [0.05, 0.1) is 0 Å². The van der Waals surface area contributed by atoms with Crippen LogP contribution in [0.4, 0.5) is 34.1 Å². The molecule has 0 amide bonds. The van der Waals surface area contributed by atoms with Crippen molar-refractivity contribution >= 4 is 34.1 Å². The molecule has 1 aliphatic rings. The summed E-state index contributed by atoms with van der Waals surface area (Å²) in [5.74, 6) is 0. The molecule has 0 aliphatic heterocycles. The van der Waals surface area contributed by atoms with Gasteiger partial charge in [-0.3, -0.25) is 0 Å². The highest BCUT2D eigenvalue weighted by molar-refractivity contribution is 5.83. The van der Waals surface area contributed by atoms with E-state index in [9.17, 15) is 0 Å². The largest absolute Gasteiger partial charge is 0.310 e. The molecule has 0 spiro atoms. The van der Waals surface area contributed by atoms with E-state index in [2.05, 4.69) is 219 Å². The molecule has 0 heterocycles. The molecular weight excluding hydrogens is 629 g/mol. The fourth-order valence-electron chi connectivity index (χ4n) is 7.85. The Balaban J connectivity index is 1.17. The number of fused-ring (bicyclic) bond motifs is 1. The predicted molar refractivity (Wildman–Crippen MR) is 222 cm³/mol.